The maximum Gasteiger partial charge on any atom is 0.278 e. The molecule has 23 heavy (non-hydrogen) atoms. The molecule has 6 nitrogen and oxygen atoms in total. The van der Waals surface area contributed by atoms with Gasteiger partial charge in [-0.05, 0) is 58.1 Å². The van der Waals surface area contributed by atoms with Crippen molar-refractivity contribution in [2.45, 2.75) is 31.4 Å². The highest BCUT2D eigenvalue weighted by Crippen LogP contribution is 2.35. The van der Waals surface area contributed by atoms with Gasteiger partial charge in [-0.25, -0.2) is 0 Å². The smallest absolute Gasteiger partial charge is 0.278 e. The van der Waals surface area contributed by atoms with Crippen LogP contribution in [0.5, 0.6) is 5.75 Å². The van der Waals surface area contributed by atoms with Gasteiger partial charge in [-0.3, -0.25) is 9.59 Å². The second-order valence-corrected chi connectivity index (χ2v) is 6.72. The predicted octanol–water partition coefficient (Wildman–Crippen LogP) is 1.64. The number of amides is 2. The molecule has 7 heteroatoms. The third-order valence-corrected chi connectivity index (χ3v) is 4.66. The van der Waals surface area contributed by atoms with Crippen molar-refractivity contribution in [2.24, 2.45) is 0 Å². The van der Waals surface area contributed by atoms with Gasteiger partial charge in [0, 0.05) is 11.1 Å². The standard InChI is InChI=1S/C16H20ClN3O3/c1-16(14(21)18-11-5-7-20(2)8-6-11)15(22)19-12-9-10(17)3-4-13(12)23-16/h3-4,9,11H,5-8H2,1-2H3,(H,18,21)(H,19,22)/t16-/m1/s1. The quantitative estimate of drug-likeness (QED) is 0.805. The summed E-state index contributed by atoms with van der Waals surface area (Å²) in [5.74, 6) is -0.460. The number of nitrogens with zero attached hydrogens (tertiary/aromatic N) is 1. The monoisotopic (exact) mass is 337 g/mol. The zero-order chi connectivity index (χ0) is 16.6. The Morgan fingerprint density at radius 2 is 2.13 bits per heavy atom. The molecule has 2 aliphatic heterocycles. The van der Waals surface area contributed by atoms with Gasteiger partial charge in [-0.15, -0.1) is 0 Å². The van der Waals surface area contributed by atoms with Gasteiger partial charge in [0.15, 0.2) is 0 Å². The molecule has 0 radical (unpaired) electrons. The molecule has 0 aromatic heterocycles. The van der Waals surface area contributed by atoms with Crippen LogP contribution in [-0.4, -0.2) is 48.5 Å². The molecule has 2 heterocycles. The number of ether oxygens (including phenoxy) is 1. The van der Waals surface area contributed by atoms with E-state index in [4.69, 9.17) is 16.3 Å². The largest absolute Gasteiger partial charge is 0.466 e. The maximum atomic E-state index is 12.6. The Balaban J connectivity index is 1.74. The van der Waals surface area contributed by atoms with Crippen LogP contribution in [0.4, 0.5) is 5.69 Å². The summed E-state index contributed by atoms with van der Waals surface area (Å²) in [5.41, 5.74) is -1.10. The molecule has 1 aromatic rings. The van der Waals surface area contributed by atoms with Crippen molar-refractivity contribution in [1.82, 2.24) is 10.2 Å². The maximum absolute atomic E-state index is 12.6. The molecule has 3 rings (SSSR count). The van der Waals surface area contributed by atoms with E-state index in [0.717, 1.165) is 25.9 Å². The van der Waals surface area contributed by atoms with Gasteiger partial charge in [0.2, 0.25) is 0 Å². The Morgan fingerprint density at radius 3 is 2.83 bits per heavy atom. The Labute approximate surface area is 140 Å². The molecule has 124 valence electrons. The van der Waals surface area contributed by atoms with Gasteiger partial charge in [-0.1, -0.05) is 11.6 Å². The van der Waals surface area contributed by atoms with Gasteiger partial charge in [-0.2, -0.15) is 0 Å². The second kappa shape index (κ2) is 6.02. The number of likely N-dealkylation sites (tertiary alicyclic amines) is 1. The highest BCUT2D eigenvalue weighted by molar-refractivity contribution is 6.31. The molecule has 2 aliphatic rings. The summed E-state index contributed by atoms with van der Waals surface area (Å²) >= 11 is 5.91. The van der Waals surface area contributed by atoms with Crippen LogP contribution in [0.2, 0.25) is 5.02 Å². The van der Waals surface area contributed by atoms with E-state index >= 15 is 0 Å². The average molecular weight is 338 g/mol. The van der Waals surface area contributed by atoms with Crippen LogP contribution in [0.15, 0.2) is 18.2 Å². The van der Waals surface area contributed by atoms with E-state index in [9.17, 15) is 9.59 Å². The number of hydrogen-bond acceptors (Lipinski definition) is 4. The first kappa shape index (κ1) is 16.1. The summed E-state index contributed by atoms with van der Waals surface area (Å²) in [7, 11) is 2.05. The number of nitrogens with one attached hydrogen (secondary N) is 2. The van der Waals surface area contributed by atoms with Crippen molar-refractivity contribution >= 4 is 29.1 Å². The van der Waals surface area contributed by atoms with Crippen LogP contribution in [0, 0.1) is 0 Å². The fourth-order valence-electron chi connectivity index (χ4n) is 2.82. The minimum absolute atomic E-state index is 0.0681. The van der Waals surface area contributed by atoms with Crippen LogP contribution >= 0.6 is 11.6 Å². The first-order valence-corrected chi connectivity index (χ1v) is 8.06. The lowest BCUT2D eigenvalue weighted by molar-refractivity contribution is -0.147. The summed E-state index contributed by atoms with van der Waals surface area (Å²) in [5, 5.41) is 6.14. The fourth-order valence-corrected chi connectivity index (χ4v) is 2.99. The molecule has 0 unspecified atom stereocenters. The number of hydrogen-bond donors (Lipinski definition) is 2. The van der Waals surface area contributed by atoms with Crippen LogP contribution < -0.4 is 15.4 Å². The number of rotatable bonds is 2. The number of halogens is 1. The van der Waals surface area contributed by atoms with Crippen molar-refractivity contribution in [3.05, 3.63) is 23.2 Å². The summed E-state index contributed by atoms with van der Waals surface area (Å²) in [4.78, 5) is 27.2. The van der Waals surface area contributed by atoms with Gasteiger partial charge < -0.3 is 20.3 Å². The number of benzene rings is 1. The topological polar surface area (TPSA) is 70.7 Å². The Morgan fingerprint density at radius 1 is 1.43 bits per heavy atom. The third-order valence-electron chi connectivity index (χ3n) is 4.42. The lowest BCUT2D eigenvalue weighted by atomic mass is 9.99. The summed E-state index contributed by atoms with van der Waals surface area (Å²) in [6.45, 7) is 3.34. The highest BCUT2D eigenvalue weighted by atomic mass is 35.5. The summed E-state index contributed by atoms with van der Waals surface area (Å²) in [6.07, 6.45) is 1.73. The van der Waals surface area contributed by atoms with Gasteiger partial charge >= 0.3 is 0 Å². The molecule has 1 saturated heterocycles. The van der Waals surface area contributed by atoms with E-state index in [1.807, 2.05) is 0 Å². The summed E-state index contributed by atoms with van der Waals surface area (Å²) < 4.78 is 5.72. The average Bonchev–Trinajstić information content (AvgIpc) is 2.51. The van der Waals surface area contributed by atoms with Crippen LogP contribution in [0.1, 0.15) is 19.8 Å². The molecule has 0 spiro atoms. The number of carbonyl (C=O) groups is 2. The second-order valence-electron chi connectivity index (χ2n) is 6.28. The van der Waals surface area contributed by atoms with Crippen molar-refractivity contribution in [2.75, 3.05) is 25.5 Å². The first-order chi connectivity index (χ1) is 10.9. The Bertz CT molecular complexity index is 643. The molecule has 1 fully saturated rings. The molecule has 1 aromatic carbocycles. The molecule has 0 aliphatic carbocycles. The van der Waals surface area contributed by atoms with E-state index in [1.165, 1.54) is 6.92 Å². The Kier molecular flexibility index (Phi) is 4.21. The molecule has 2 amide bonds. The van der Waals surface area contributed by atoms with Gasteiger partial charge in [0.25, 0.3) is 17.4 Å². The highest BCUT2D eigenvalue weighted by Gasteiger charge is 2.47. The molecule has 0 bridgehead atoms. The minimum atomic E-state index is -1.58. The summed E-state index contributed by atoms with van der Waals surface area (Å²) in [6, 6.07) is 4.98. The molecule has 2 N–H and O–H groups in total. The molecular formula is C16H20ClN3O3. The molecular weight excluding hydrogens is 318 g/mol. The van der Waals surface area contributed by atoms with Crippen molar-refractivity contribution in [3.63, 3.8) is 0 Å². The number of fused-ring (bicyclic) bond motifs is 1. The molecule has 1 atom stereocenters. The third kappa shape index (κ3) is 3.14. The van der Waals surface area contributed by atoms with E-state index in [1.54, 1.807) is 18.2 Å². The predicted molar refractivity (Wildman–Crippen MR) is 87.8 cm³/mol. The minimum Gasteiger partial charge on any atom is -0.466 e. The number of anilines is 1. The number of carbonyl (C=O) groups excluding carboxylic acids is 2. The molecule has 0 saturated carbocycles. The van der Waals surface area contributed by atoms with E-state index in [0.29, 0.717) is 16.5 Å². The van der Waals surface area contributed by atoms with Crippen molar-refractivity contribution in [1.29, 1.82) is 0 Å². The van der Waals surface area contributed by atoms with Gasteiger partial charge in [0.1, 0.15) is 5.75 Å². The zero-order valence-corrected chi connectivity index (χ0v) is 13.9. The van der Waals surface area contributed by atoms with Crippen LogP contribution in [-0.2, 0) is 9.59 Å². The van der Waals surface area contributed by atoms with Crippen LogP contribution in [0.3, 0.4) is 0 Å². The van der Waals surface area contributed by atoms with E-state index < -0.39 is 17.4 Å². The van der Waals surface area contributed by atoms with E-state index in [-0.39, 0.29) is 6.04 Å². The Hall–Kier alpha value is -1.79. The SMILES string of the molecule is CN1CCC(NC(=O)[C@@]2(C)Oc3ccc(Cl)cc3NC2=O)CC1. The first-order valence-electron chi connectivity index (χ1n) is 7.68. The van der Waals surface area contributed by atoms with Crippen LogP contribution in [0.25, 0.3) is 0 Å². The van der Waals surface area contributed by atoms with Crippen molar-refractivity contribution in [3.8, 4) is 5.75 Å². The number of piperidine rings is 1. The van der Waals surface area contributed by atoms with Crippen molar-refractivity contribution < 1.29 is 14.3 Å². The normalized spacial score (nSPS) is 25.3. The van der Waals surface area contributed by atoms with E-state index in [2.05, 4.69) is 22.6 Å². The van der Waals surface area contributed by atoms with Gasteiger partial charge in [0.05, 0.1) is 5.69 Å². The lowest BCUT2D eigenvalue weighted by Crippen LogP contribution is -2.61. The fraction of sp³-hybridized carbons (Fsp3) is 0.500. The lowest BCUT2D eigenvalue weighted by Gasteiger charge is -2.36. The zero-order valence-electron chi connectivity index (χ0n) is 13.2.